The Balaban J connectivity index is 1.55. The number of ether oxygens (including phenoxy) is 1. The molecule has 0 bridgehead atoms. The zero-order valence-corrected chi connectivity index (χ0v) is 19.5. The minimum absolute atomic E-state index is 0.0110. The van der Waals surface area contributed by atoms with Crippen LogP contribution in [0.3, 0.4) is 0 Å². The monoisotopic (exact) mass is 468 g/mol. The third-order valence-corrected chi connectivity index (χ3v) is 6.71. The van der Waals surface area contributed by atoms with Gasteiger partial charge in [0.05, 0.1) is 31.6 Å². The van der Waals surface area contributed by atoms with Crippen LogP contribution in [0.4, 0.5) is 4.39 Å². The first-order valence-corrected chi connectivity index (χ1v) is 11.8. The van der Waals surface area contributed by atoms with Gasteiger partial charge in [-0.1, -0.05) is 6.07 Å². The standard InChI is InChI=1S/C23H25FN6O2S/c1-13(2)30-21(14(3)24)27-28-22(30)23-26-20-17-5-4-15(16-11-25-29(12-16)7-8-31)10-18(17)32-9-6-19(20)33-23/h4-5,10-14,31H,6-9H2,1-3H3. The molecule has 0 saturated heterocycles. The number of aromatic nitrogens is 6. The SMILES string of the molecule is CC(F)c1nnc(-c2nc3c(s2)CCOc2cc(-c4cnn(CCO)c4)ccc2-3)n1C(C)C. The summed E-state index contributed by atoms with van der Waals surface area (Å²) >= 11 is 1.56. The molecule has 10 heteroatoms. The van der Waals surface area contributed by atoms with Gasteiger partial charge >= 0.3 is 0 Å². The molecular weight excluding hydrogens is 443 g/mol. The van der Waals surface area contributed by atoms with Crippen LogP contribution in [-0.2, 0) is 13.0 Å². The quantitative estimate of drug-likeness (QED) is 0.449. The van der Waals surface area contributed by atoms with Gasteiger partial charge in [0, 0.05) is 34.7 Å². The van der Waals surface area contributed by atoms with Crippen LogP contribution in [0.15, 0.2) is 30.6 Å². The summed E-state index contributed by atoms with van der Waals surface area (Å²) in [5, 5.41) is 22.5. The smallest absolute Gasteiger partial charge is 0.193 e. The van der Waals surface area contributed by atoms with Gasteiger partial charge < -0.3 is 14.4 Å². The number of alkyl halides is 1. The molecule has 172 valence electrons. The second-order valence-corrected chi connectivity index (χ2v) is 9.36. The molecule has 8 nitrogen and oxygen atoms in total. The van der Waals surface area contributed by atoms with Crippen LogP contribution in [-0.4, -0.2) is 47.8 Å². The van der Waals surface area contributed by atoms with Crippen LogP contribution in [0.5, 0.6) is 5.75 Å². The lowest BCUT2D eigenvalue weighted by Crippen LogP contribution is -2.08. The Bertz CT molecular complexity index is 1290. The van der Waals surface area contributed by atoms with Crippen LogP contribution in [0.2, 0.25) is 0 Å². The highest BCUT2D eigenvalue weighted by Gasteiger charge is 2.26. The molecule has 0 radical (unpaired) electrons. The number of fused-ring (bicyclic) bond motifs is 3. The molecule has 1 aliphatic heterocycles. The number of rotatable bonds is 6. The maximum Gasteiger partial charge on any atom is 0.193 e. The van der Waals surface area contributed by atoms with Crippen molar-refractivity contribution in [2.45, 2.75) is 46.0 Å². The number of thiazole rings is 1. The molecule has 1 unspecified atom stereocenters. The van der Waals surface area contributed by atoms with E-state index in [0.717, 1.165) is 44.4 Å². The molecule has 1 aliphatic rings. The van der Waals surface area contributed by atoms with Crippen molar-refractivity contribution < 1.29 is 14.2 Å². The van der Waals surface area contributed by atoms with Gasteiger partial charge in [-0.25, -0.2) is 9.37 Å². The Labute approximate surface area is 194 Å². The van der Waals surface area contributed by atoms with E-state index in [0.29, 0.717) is 24.8 Å². The number of benzene rings is 1. The Morgan fingerprint density at radius 3 is 2.82 bits per heavy atom. The molecule has 1 N–H and O–H groups in total. The van der Waals surface area contributed by atoms with Crippen LogP contribution in [0.1, 0.15) is 43.7 Å². The van der Waals surface area contributed by atoms with Crippen molar-refractivity contribution in [1.82, 2.24) is 29.5 Å². The fourth-order valence-electron chi connectivity index (χ4n) is 4.06. The number of aliphatic hydroxyl groups is 1. The molecule has 0 saturated carbocycles. The average Bonchev–Trinajstić information content (AvgIpc) is 3.50. The zero-order chi connectivity index (χ0) is 23.1. The van der Waals surface area contributed by atoms with E-state index >= 15 is 0 Å². The largest absolute Gasteiger partial charge is 0.492 e. The van der Waals surface area contributed by atoms with Gasteiger partial charge in [0.1, 0.15) is 5.75 Å². The number of hydrogen-bond acceptors (Lipinski definition) is 7. The van der Waals surface area contributed by atoms with Gasteiger partial charge in [0.15, 0.2) is 22.8 Å². The van der Waals surface area contributed by atoms with Crippen molar-refractivity contribution >= 4 is 11.3 Å². The summed E-state index contributed by atoms with van der Waals surface area (Å²) in [6.45, 7) is 6.49. The number of halogens is 1. The van der Waals surface area contributed by atoms with Crippen LogP contribution < -0.4 is 4.74 Å². The first kappa shape index (κ1) is 21.7. The third-order valence-electron chi connectivity index (χ3n) is 5.60. The lowest BCUT2D eigenvalue weighted by Gasteiger charge is -2.13. The van der Waals surface area contributed by atoms with Gasteiger partial charge in [0.25, 0.3) is 0 Å². The Kier molecular flexibility index (Phi) is 5.71. The fraction of sp³-hybridized carbons (Fsp3) is 0.391. The van der Waals surface area contributed by atoms with E-state index in [9.17, 15) is 4.39 Å². The number of nitrogens with zero attached hydrogens (tertiary/aromatic N) is 6. The third kappa shape index (κ3) is 3.93. The summed E-state index contributed by atoms with van der Waals surface area (Å²) in [4.78, 5) is 6.03. The molecule has 0 spiro atoms. The lowest BCUT2D eigenvalue weighted by atomic mass is 10.0. The van der Waals surface area contributed by atoms with Crippen molar-refractivity contribution in [2.24, 2.45) is 0 Å². The molecule has 33 heavy (non-hydrogen) atoms. The van der Waals surface area contributed by atoms with Crippen LogP contribution >= 0.6 is 11.3 Å². The summed E-state index contributed by atoms with van der Waals surface area (Å²) in [5.41, 5.74) is 3.73. The van der Waals surface area contributed by atoms with Gasteiger partial charge in [-0.2, -0.15) is 5.10 Å². The summed E-state index contributed by atoms with van der Waals surface area (Å²) in [7, 11) is 0. The van der Waals surface area contributed by atoms with Gasteiger partial charge in [-0.15, -0.1) is 21.5 Å². The van der Waals surface area contributed by atoms with Crippen molar-refractivity contribution in [3.63, 3.8) is 0 Å². The topological polar surface area (TPSA) is 90.9 Å². The average molecular weight is 469 g/mol. The Hall–Kier alpha value is -3.11. The fourth-order valence-corrected chi connectivity index (χ4v) is 5.10. The van der Waals surface area contributed by atoms with E-state index < -0.39 is 6.17 Å². The maximum atomic E-state index is 14.1. The van der Waals surface area contributed by atoms with Gasteiger partial charge in [0.2, 0.25) is 0 Å². The highest BCUT2D eigenvalue weighted by atomic mass is 32.1. The maximum absolute atomic E-state index is 14.1. The van der Waals surface area contributed by atoms with E-state index in [1.165, 1.54) is 6.92 Å². The van der Waals surface area contributed by atoms with Crippen molar-refractivity contribution in [1.29, 1.82) is 0 Å². The Morgan fingerprint density at radius 2 is 2.06 bits per heavy atom. The normalized spacial score (nSPS) is 14.0. The molecule has 4 heterocycles. The second kappa shape index (κ2) is 8.68. The lowest BCUT2D eigenvalue weighted by molar-refractivity contribution is 0.269. The van der Waals surface area contributed by atoms with Crippen LogP contribution in [0.25, 0.3) is 33.2 Å². The minimum Gasteiger partial charge on any atom is -0.492 e. The predicted molar refractivity (Wildman–Crippen MR) is 124 cm³/mol. The molecule has 0 amide bonds. The van der Waals surface area contributed by atoms with E-state index in [1.54, 1.807) is 22.2 Å². The molecule has 1 aromatic carbocycles. The van der Waals surface area contributed by atoms with E-state index in [2.05, 4.69) is 15.3 Å². The van der Waals surface area contributed by atoms with Crippen molar-refractivity contribution in [2.75, 3.05) is 13.2 Å². The van der Waals surface area contributed by atoms with Gasteiger partial charge in [-0.05, 0) is 38.5 Å². The van der Waals surface area contributed by atoms with E-state index in [-0.39, 0.29) is 12.6 Å². The first-order chi connectivity index (χ1) is 16.0. The zero-order valence-electron chi connectivity index (χ0n) is 18.7. The summed E-state index contributed by atoms with van der Waals surface area (Å²) < 4.78 is 23.7. The molecule has 4 aromatic rings. The van der Waals surface area contributed by atoms with Crippen molar-refractivity contribution in [3.05, 3.63) is 41.3 Å². The Morgan fingerprint density at radius 1 is 1.21 bits per heavy atom. The number of aliphatic hydroxyl groups excluding tert-OH is 1. The van der Waals surface area contributed by atoms with Crippen LogP contribution in [0, 0.1) is 0 Å². The second-order valence-electron chi connectivity index (χ2n) is 8.28. The first-order valence-electron chi connectivity index (χ1n) is 11.0. The highest BCUT2D eigenvalue weighted by molar-refractivity contribution is 7.15. The van der Waals surface area contributed by atoms with Crippen molar-refractivity contribution in [3.8, 4) is 39.0 Å². The predicted octanol–water partition coefficient (Wildman–Crippen LogP) is 4.47. The highest BCUT2D eigenvalue weighted by Crippen LogP contribution is 2.42. The molecular formula is C23H25FN6O2S. The molecule has 3 aromatic heterocycles. The minimum atomic E-state index is -1.21. The van der Waals surface area contributed by atoms with Gasteiger partial charge in [-0.3, -0.25) is 4.68 Å². The molecule has 0 aliphatic carbocycles. The molecule has 1 atom stereocenters. The molecule has 0 fully saturated rings. The summed E-state index contributed by atoms with van der Waals surface area (Å²) in [6.07, 6.45) is 3.21. The van der Waals surface area contributed by atoms with E-state index in [4.69, 9.17) is 14.8 Å². The molecule has 5 rings (SSSR count). The van der Waals surface area contributed by atoms with E-state index in [1.807, 2.05) is 42.8 Å². The summed E-state index contributed by atoms with van der Waals surface area (Å²) in [6, 6.07) is 6.06. The summed E-state index contributed by atoms with van der Waals surface area (Å²) in [5.74, 6) is 1.68. The number of hydrogen-bond donors (Lipinski definition) is 1.